The number of thiazole rings is 1. The van der Waals surface area contributed by atoms with Crippen molar-refractivity contribution < 1.29 is 17.9 Å². The molecular formula is C21H29F3N2OS. The predicted octanol–water partition coefficient (Wildman–Crippen LogP) is 6.76. The van der Waals surface area contributed by atoms with Crippen molar-refractivity contribution in [2.24, 2.45) is 5.73 Å². The van der Waals surface area contributed by atoms with Gasteiger partial charge in [0.15, 0.2) is 0 Å². The zero-order chi connectivity index (χ0) is 20.8. The second-order valence-electron chi connectivity index (χ2n) is 7.58. The third kappa shape index (κ3) is 6.48. The summed E-state index contributed by atoms with van der Waals surface area (Å²) in [5, 5.41) is 0.680. The number of hydrogen-bond acceptors (Lipinski definition) is 4. The lowest BCUT2D eigenvalue weighted by Crippen LogP contribution is -2.28. The van der Waals surface area contributed by atoms with Gasteiger partial charge in [0.05, 0.1) is 22.6 Å². The monoisotopic (exact) mass is 414 g/mol. The van der Waals surface area contributed by atoms with Crippen molar-refractivity contribution in [3.8, 4) is 16.2 Å². The van der Waals surface area contributed by atoms with E-state index in [0.717, 1.165) is 31.7 Å². The first-order chi connectivity index (χ1) is 13.1. The smallest absolute Gasteiger partial charge is 0.419 e. The van der Waals surface area contributed by atoms with Crippen LogP contribution in [-0.4, -0.2) is 11.6 Å². The Morgan fingerprint density at radius 3 is 2.36 bits per heavy atom. The fourth-order valence-corrected chi connectivity index (χ4v) is 3.73. The third-order valence-corrected chi connectivity index (χ3v) is 5.77. The topological polar surface area (TPSA) is 48.1 Å². The quantitative estimate of drug-likeness (QED) is 0.437. The van der Waals surface area contributed by atoms with Gasteiger partial charge in [-0.25, -0.2) is 4.98 Å². The summed E-state index contributed by atoms with van der Waals surface area (Å²) < 4.78 is 46.1. The van der Waals surface area contributed by atoms with Crippen LogP contribution in [0.25, 0.3) is 10.4 Å². The van der Waals surface area contributed by atoms with E-state index in [1.807, 2.05) is 13.8 Å². The van der Waals surface area contributed by atoms with Crippen LogP contribution in [0.4, 0.5) is 13.2 Å². The molecule has 0 saturated carbocycles. The molecule has 0 aliphatic rings. The van der Waals surface area contributed by atoms with Crippen molar-refractivity contribution in [3.05, 3.63) is 35.0 Å². The van der Waals surface area contributed by atoms with Gasteiger partial charge in [0, 0.05) is 6.20 Å². The number of rotatable bonds is 10. The van der Waals surface area contributed by atoms with Crippen LogP contribution < -0.4 is 10.5 Å². The van der Waals surface area contributed by atoms with Gasteiger partial charge in [0.2, 0.25) is 0 Å². The molecule has 0 spiro atoms. The number of halogens is 3. The summed E-state index contributed by atoms with van der Waals surface area (Å²) in [5.74, 6) is -0.117. The van der Waals surface area contributed by atoms with Crippen molar-refractivity contribution >= 4 is 11.3 Å². The summed E-state index contributed by atoms with van der Waals surface area (Å²) in [5.41, 5.74) is 5.11. The summed E-state index contributed by atoms with van der Waals surface area (Å²) in [7, 11) is 0. The zero-order valence-electron chi connectivity index (χ0n) is 16.7. The number of ether oxygens (including phenoxy) is 1. The minimum atomic E-state index is -4.48. The Morgan fingerprint density at radius 2 is 1.75 bits per heavy atom. The van der Waals surface area contributed by atoms with Crippen LogP contribution in [0, 0.1) is 0 Å². The zero-order valence-corrected chi connectivity index (χ0v) is 17.6. The molecule has 0 aliphatic carbocycles. The highest BCUT2D eigenvalue weighted by Crippen LogP contribution is 2.40. The van der Waals surface area contributed by atoms with Gasteiger partial charge in [-0.2, -0.15) is 13.2 Å². The third-order valence-electron chi connectivity index (χ3n) is 4.38. The molecule has 2 rings (SSSR count). The summed E-state index contributed by atoms with van der Waals surface area (Å²) in [6.07, 6.45) is 3.43. The first-order valence-electron chi connectivity index (χ1n) is 9.72. The molecular weight excluding hydrogens is 385 g/mol. The molecule has 0 bridgehead atoms. The Hall–Kier alpha value is -1.60. The lowest BCUT2D eigenvalue weighted by molar-refractivity contribution is -0.138. The Bertz CT molecular complexity index is 751. The summed E-state index contributed by atoms with van der Waals surface area (Å²) in [6.45, 7) is 6.07. The van der Waals surface area contributed by atoms with E-state index in [4.69, 9.17) is 10.5 Å². The molecule has 0 radical (unpaired) electrons. The van der Waals surface area contributed by atoms with Gasteiger partial charge >= 0.3 is 6.18 Å². The van der Waals surface area contributed by atoms with Crippen LogP contribution in [0.5, 0.6) is 5.75 Å². The minimum Gasteiger partial charge on any atom is -0.493 e. The standard InChI is InChI=1S/C21H29F3N2OS/c1-4-5-6-7-8-9-12-27-17-11-10-15(13-16(17)21(22,23)24)18-14-26-19(28-18)20(2,3)25/h10-11,13-14H,4-9,12,25H2,1-3H3. The molecule has 156 valence electrons. The van der Waals surface area contributed by atoms with Crippen LogP contribution >= 0.6 is 11.3 Å². The van der Waals surface area contributed by atoms with Gasteiger partial charge in [-0.15, -0.1) is 11.3 Å². The average molecular weight is 415 g/mol. The molecule has 2 N–H and O–H groups in total. The van der Waals surface area contributed by atoms with Crippen molar-refractivity contribution in [1.29, 1.82) is 0 Å². The molecule has 3 nitrogen and oxygen atoms in total. The highest BCUT2D eigenvalue weighted by atomic mass is 32.1. The van der Waals surface area contributed by atoms with Crippen LogP contribution in [0.15, 0.2) is 24.4 Å². The molecule has 7 heteroatoms. The fraction of sp³-hybridized carbons (Fsp3) is 0.571. The normalized spacial score (nSPS) is 12.4. The molecule has 0 fully saturated rings. The van der Waals surface area contributed by atoms with Gasteiger partial charge in [-0.1, -0.05) is 39.0 Å². The van der Waals surface area contributed by atoms with Gasteiger partial charge < -0.3 is 10.5 Å². The Labute approximate surface area is 169 Å². The van der Waals surface area contributed by atoms with E-state index in [1.165, 1.54) is 30.2 Å². The average Bonchev–Trinajstić information content (AvgIpc) is 3.11. The van der Waals surface area contributed by atoms with E-state index < -0.39 is 17.3 Å². The number of unbranched alkanes of at least 4 members (excludes halogenated alkanes) is 5. The van der Waals surface area contributed by atoms with Crippen LogP contribution in [-0.2, 0) is 11.7 Å². The highest BCUT2D eigenvalue weighted by molar-refractivity contribution is 7.15. The van der Waals surface area contributed by atoms with E-state index >= 15 is 0 Å². The number of aromatic nitrogens is 1. The second-order valence-corrected chi connectivity index (χ2v) is 8.61. The molecule has 0 unspecified atom stereocenters. The van der Waals surface area contributed by atoms with Gasteiger partial charge in [0.1, 0.15) is 10.8 Å². The van der Waals surface area contributed by atoms with E-state index in [9.17, 15) is 13.2 Å². The van der Waals surface area contributed by atoms with Gasteiger partial charge in [-0.05, 0) is 44.0 Å². The van der Waals surface area contributed by atoms with E-state index in [-0.39, 0.29) is 5.75 Å². The Morgan fingerprint density at radius 1 is 1.07 bits per heavy atom. The van der Waals surface area contributed by atoms with Crippen LogP contribution in [0.3, 0.4) is 0 Å². The molecule has 1 aromatic heterocycles. The Kier molecular flexibility index (Phi) is 7.89. The summed E-state index contributed by atoms with van der Waals surface area (Å²) in [6, 6.07) is 4.19. The highest BCUT2D eigenvalue weighted by Gasteiger charge is 2.35. The lowest BCUT2D eigenvalue weighted by atomic mass is 10.1. The maximum atomic E-state index is 13.5. The maximum absolute atomic E-state index is 13.5. The van der Waals surface area contributed by atoms with Crippen molar-refractivity contribution in [1.82, 2.24) is 4.98 Å². The lowest BCUT2D eigenvalue weighted by Gasteiger charge is -2.15. The molecule has 0 saturated heterocycles. The first kappa shape index (κ1) is 22.7. The van der Waals surface area contributed by atoms with Crippen LogP contribution in [0.2, 0.25) is 0 Å². The Balaban J connectivity index is 2.10. The molecule has 1 aromatic carbocycles. The summed E-state index contributed by atoms with van der Waals surface area (Å²) >= 11 is 1.30. The SMILES string of the molecule is CCCCCCCCOc1ccc(-c2cnc(C(C)(C)N)s2)cc1C(F)(F)F. The number of benzene rings is 1. The van der Waals surface area contributed by atoms with E-state index in [2.05, 4.69) is 11.9 Å². The van der Waals surface area contributed by atoms with Gasteiger partial charge in [-0.3, -0.25) is 0 Å². The van der Waals surface area contributed by atoms with E-state index in [1.54, 1.807) is 12.3 Å². The maximum Gasteiger partial charge on any atom is 0.419 e. The number of nitrogens with two attached hydrogens (primary N) is 1. The van der Waals surface area contributed by atoms with Crippen molar-refractivity contribution in [3.63, 3.8) is 0 Å². The fourth-order valence-electron chi connectivity index (χ4n) is 2.80. The molecule has 1 heterocycles. The number of alkyl halides is 3. The molecule has 0 aliphatic heterocycles. The molecule has 0 amide bonds. The predicted molar refractivity (Wildman–Crippen MR) is 109 cm³/mol. The summed E-state index contributed by atoms with van der Waals surface area (Å²) in [4.78, 5) is 4.90. The number of nitrogens with zero attached hydrogens (tertiary/aromatic N) is 1. The van der Waals surface area contributed by atoms with Gasteiger partial charge in [0.25, 0.3) is 0 Å². The minimum absolute atomic E-state index is 0.117. The van der Waals surface area contributed by atoms with E-state index in [0.29, 0.717) is 22.1 Å². The van der Waals surface area contributed by atoms with Crippen molar-refractivity contribution in [2.75, 3.05) is 6.61 Å². The van der Waals surface area contributed by atoms with Crippen molar-refractivity contribution in [2.45, 2.75) is 71.0 Å². The largest absolute Gasteiger partial charge is 0.493 e. The first-order valence-corrected chi connectivity index (χ1v) is 10.5. The molecule has 0 atom stereocenters. The second kappa shape index (κ2) is 9.74. The molecule has 2 aromatic rings. The van der Waals surface area contributed by atoms with Crippen LogP contribution in [0.1, 0.15) is 69.9 Å². The number of hydrogen-bond donors (Lipinski definition) is 1. The molecule has 28 heavy (non-hydrogen) atoms.